The average molecular weight is 187 g/mol. The molecule has 0 spiro atoms. The summed E-state index contributed by atoms with van der Waals surface area (Å²) in [6, 6.07) is 8.42. The van der Waals surface area contributed by atoms with Gasteiger partial charge in [-0.1, -0.05) is 29.8 Å². The largest absolute Gasteiger partial charge is 0.352 e. The van der Waals surface area contributed by atoms with E-state index in [1.165, 1.54) is 11.1 Å². The summed E-state index contributed by atoms with van der Waals surface area (Å²) in [5, 5.41) is 3.20. The molecular weight excluding hydrogens is 174 g/mol. The van der Waals surface area contributed by atoms with Gasteiger partial charge >= 0.3 is 0 Å². The standard InChI is InChI=1S/C11H13N3/c1-9-3-2-4-10(7-9)8-14-11-12-5-6-13-11/h2-7H,8H2,1H3,(H2,12,13,14). The molecule has 0 radical (unpaired) electrons. The fraction of sp³-hybridized carbons (Fsp3) is 0.182. The van der Waals surface area contributed by atoms with Crippen LogP contribution in [0.15, 0.2) is 36.7 Å². The smallest absolute Gasteiger partial charge is 0.200 e. The van der Waals surface area contributed by atoms with Gasteiger partial charge in [-0.15, -0.1) is 0 Å². The molecule has 3 heteroatoms. The summed E-state index contributed by atoms with van der Waals surface area (Å²) in [6.45, 7) is 2.89. The molecule has 0 bridgehead atoms. The van der Waals surface area contributed by atoms with Gasteiger partial charge < -0.3 is 10.3 Å². The first kappa shape index (κ1) is 8.81. The van der Waals surface area contributed by atoms with Crippen LogP contribution in [0.25, 0.3) is 0 Å². The number of aryl methyl sites for hydroxylation is 1. The van der Waals surface area contributed by atoms with Crippen molar-refractivity contribution in [2.75, 3.05) is 5.32 Å². The summed E-state index contributed by atoms with van der Waals surface area (Å²) < 4.78 is 0. The summed E-state index contributed by atoms with van der Waals surface area (Å²) in [4.78, 5) is 7.09. The summed E-state index contributed by atoms with van der Waals surface area (Å²) in [5.41, 5.74) is 2.55. The summed E-state index contributed by atoms with van der Waals surface area (Å²) >= 11 is 0. The van der Waals surface area contributed by atoms with Gasteiger partial charge in [-0.3, -0.25) is 0 Å². The van der Waals surface area contributed by atoms with Gasteiger partial charge in [0, 0.05) is 18.9 Å². The van der Waals surface area contributed by atoms with Crippen LogP contribution in [0.1, 0.15) is 11.1 Å². The van der Waals surface area contributed by atoms with Crippen LogP contribution in [0.4, 0.5) is 5.95 Å². The van der Waals surface area contributed by atoms with Crippen LogP contribution >= 0.6 is 0 Å². The van der Waals surface area contributed by atoms with E-state index in [4.69, 9.17) is 0 Å². The maximum Gasteiger partial charge on any atom is 0.200 e. The first-order chi connectivity index (χ1) is 6.84. The highest BCUT2D eigenvalue weighted by molar-refractivity contribution is 5.28. The van der Waals surface area contributed by atoms with Crippen LogP contribution in [-0.2, 0) is 6.54 Å². The molecule has 1 heterocycles. The molecule has 0 aliphatic carbocycles. The number of H-pyrrole nitrogens is 1. The Kier molecular flexibility index (Phi) is 2.49. The average Bonchev–Trinajstić information content (AvgIpc) is 2.67. The second kappa shape index (κ2) is 3.96. The van der Waals surface area contributed by atoms with Crippen LogP contribution in [0.2, 0.25) is 0 Å². The Bertz CT molecular complexity index is 393. The molecule has 1 aromatic heterocycles. The number of hydrogen-bond donors (Lipinski definition) is 2. The van der Waals surface area contributed by atoms with Gasteiger partial charge in [-0.2, -0.15) is 0 Å². The van der Waals surface area contributed by atoms with Gasteiger partial charge in [0.2, 0.25) is 0 Å². The van der Waals surface area contributed by atoms with Crippen LogP contribution in [0, 0.1) is 6.92 Å². The van der Waals surface area contributed by atoms with Crippen molar-refractivity contribution >= 4 is 5.95 Å². The van der Waals surface area contributed by atoms with E-state index in [0.29, 0.717) is 0 Å². The fourth-order valence-electron chi connectivity index (χ4n) is 1.37. The number of hydrogen-bond acceptors (Lipinski definition) is 2. The lowest BCUT2D eigenvalue weighted by molar-refractivity contribution is 1.09. The summed E-state index contributed by atoms with van der Waals surface area (Å²) in [7, 11) is 0. The highest BCUT2D eigenvalue weighted by Gasteiger charge is 1.94. The van der Waals surface area contributed by atoms with Gasteiger partial charge in [0.15, 0.2) is 5.95 Å². The Morgan fingerprint density at radius 1 is 1.43 bits per heavy atom. The highest BCUT2D eigenvalue weighted by Crippen LogP contribution is 2.05. The minimum absolute atomic E-state index is 0.801. The zero-order chi connectivity index (χ0) is 9.80. The van der Waals surface area contributed by atoms with Crippen LogP contribution in [0.3, 0.4) is 0 Å². The van der Waals surface area contributed by atoms with E-state index in [9.17, 15) is 0 Å². The third-order valence-electron chi connectivity index (χ3n) is 2.04. The number of aromatic amines is 1. The number of rotatable bonds is 3. The SMILES string of the molecule is Cc1cccc(CNc2ncc[nH]2)c1. The first-order valence-electron chi connectivity index (χ1n) is 4.63. The predicted octanol–water partition coefficient (Wildman–Crippen LogP) is 2.33. The van der Waals surface area contributed by atoms with Crippen molar-refractivity contribution in [2.45, 2.75) is 13.5 Å². The van der Waals surface area contributed by atoms with E-state index < -0.39 is 0 Å². The van der Waals surface area contributed by atoms with Gasteiger partial charge in [0.25, 0.3) is 0 Å². The Balaban J connectivity index is 1.98. The Hall–Kier alpha value is -1.77. The minimum Gasteiger partial charge on any atom is -0.352 e. The van der Waals surface area contributed by atoms with Crippen molar-refractivity contribution in [3.63, 3.8) is 0 Å². The normalized spacial score (nSPS) is 10.1. The molecule has 0 fully saturated rings. The van der Waals surface area contributed by atoms with E-state index >= 15 is 0 Å². The molecule has 2 aromatic rings. The monoisotopic (exact) mass is 187 g/mol. The van der Waals surface area contributed by atoms with Gasteiger partial charge in [0.1, 0.15) is 0 Å². The maximum atomic E-state index is 4.09. The number of aromatic nitrogens is 2. The second-order valence-corrected chi connectivity index (χ2v) is 3.28. The van der Waals surface area contributed by atoms with Gasteiger partial charge in [0.05, 0.1) is 0 Å². The Labute approximate surface area is 83.2 Å². The van der Waals surface area contributed by atoms with Crippen molar-refractivity contribution in [1.29, 1.82) is 0 Å². The molecule has 0 aliphatic rings. The van der Waals surface area contributed by atoms with E-state index in [-0.39, 0.29) is 0 Å². The molecule has 0 aliphatic heterocycles. The zero-order valence-corrected chi connectivity index (χ0v) is 8.12. The van der Waals surface area contributed by atoms with Crippen molar-refractivity contribution < 1.29 is 0 Å². The van der Waals surface area contributed by atoms with Crippen LogP contribution in [0.5, 0.6) is 0 Å². The van der Waals surface area contributed by atoms with Gasteiger partial charge in [-0.25, -0.2) is 4.98 Å². The molecule has 0 saturated heterocycles. The van der Waals surface area contributed by atoms with Crippen molar-refractivity contribution in [2.24, 2.45) is 0 Å². The zero-order valence-electron chi connectivity index (χ0n) is 8.12. The van der Waals surface area contributed by atoms with Gasteiger partial charge in [-0.05, 0) is 12.5 Å². The number of nitrogens with zero attached hydrogens (tertiary/aromatic N) is 1. The van der Waals surface area contributed by atoms with E-state index in [1.807, 2.05) is 0 Å². The molecule has 2 N–H and O–H groups in total. The molecule has 3 nitrogen and oxygen atoms in total. The Morgan fingerprint density at radius 3 is 3.07 bits per heavy atom. The van der Waals surface area contributed by atoms with E-state index in [1.54, 1.807) is 12.4 Å². The van der Waals surface area contributed by atoms with Crippen LogP contribution < -0.4 is 5.32 Å². The topological polar surface area (TPSA) is 40.7 Å². The molecular formula is C11H13N3. The number of imidazole rings is 1. The lowest BCUT2D eigenvalue weighted by Crippen LogP contribution is -2.00. The lowest BCUT2D eigenvalue weighted by Gasteiger charge is -2.03. The molecule has 0 saturated carbocycles. The quantitative estimate of drug-likeness (QED) is 0.774. The summed E-state index contributed by atoms with van der Waals surface area (Å²) in [6.07, 6.45) is 3.54. The number of nitrogens with one attached hydrogen (secondary N) is 2. The fourth-order valence-corrected chi connectivity index (χ4v) is 1.37. The lowest BCUT2D eigenvalue weighted by atomic mass is 10.1. The molecule has 14 heavy (non-hydrogen) atoms. The van der Waals surface area contributed by atoms with E-state index in [0.717, 1.165) is 12.5 Å². The molecule has 2 rings (SSSR count). The second-order valence-electron chi connectivity index (χ2n) is 3.28. The highest BCUT2D eigenvalue weighted by atomic mass is 15.1. The van der Waals surface area contributed by atoms with Crippen molar-refractivity contribution in [1.82, 2.24) is 9.97 Å². The molecule has 0 unspecified atom stereocenters. The summed E-state index contributed by atoms with van der Waals surface area (Å²) in [5.74, 6) is 0.812. The van der Waals surface area contributed by atoms with Crippen molar-refractivity contribution in [3.8, 4) is 0 Å². The first-order valence-corrected chi connectivity index (χ1v) is 4.63. The maximum absolute atomic E-state index is 4.09. The van der Waals surface area contributed by atoms with Crippen molar-refractivity contribution in [3.05, 3.63) is 47.8 Å². The number of anilines is 1. The van der Waals surface area contributed by atoms with Crippen LogP contribution in [-0.4, -0.2) is 9.97 Å². The molecule has 0 atom stereocenters. The Morgan fingerprint density at radius 2 is 2.36 bits per heavy atom. The third-order valence-corrected chi connectivity index (χ3v) is 2.04. The third kappa shape index (κ3) is 2.13. The minimum atomic E-state index is 0.801. The number of benzene rings is 1. The molecule has 1 aromatic carbocycles. The molecule has 72 valence electrons. The predicted molar refractivity (Wildman–Crippen MR) is 57.1 cm³/mol. The van der Waals surface area contributed by atoms with E-state index in [2.05, 4.69) is 46.5 Å². The molecule has 0 amide bonds.